The number of pyridine rings is 1. The molecule has 0 aliphatic heterocycles. The molecular formula is C34H42N4O2. The molecule has 0 amide bonds. The largest absolute Gasteiger partial charge is 0.497 e. The summed E-state index contributed by atoms with van der Waals surface area (Å²) in [4.78, 5) is 5.14. The second kappa shape index (κ2) is 14.3. The van der Waals surface area contributed by atoms with E-state index >= 15 is 0 Å². The SMILES string of the molecule is CCCCCc1nc(NCc2ccc(OC)cc2)c(N)c(N[C@@H](C)c2ccccc2)c1Cc1ccc(OC)cc1. The molecule has 0 saturated carbocycles. The first-order valence-electron chi connectivity index (χ1n) is 14.1. The van der Waals surface area contributed by atoms with Gasteiger partial charge in [-0.2, -0.15) is 0 Å². The van der Waals surface area contributed by atoms with Crippen LogP contribution in [0, 0.1) is 0 Å². The maximum atomic E-state index is 6.92. The number of aryl methyl sites for hydroxylation is 1. The molecule has 4 rings (SSSR count). The molecule has 4 aromatic rings. The van der Waals surface area contributed by atoms with Crippen LogP contribution in [0.4, 0.5) is 17.2 Å². The number of nitrogen functional groups attached to an aromatic ring is 1. The first-order valence-corrected chi connectivity index (χ1v) is 14.1. The summed E-state index contributed by atoms with van der Waals surface area (Å²) in [5, 5.41) is 7.30. The van der Waals surface area contributed by atoms with E-state index in [0.717, 1.165) is 66.1 Å². The van der Waals surface area contributed by atoms with Crippen LogP contribution in [0.5, 0.6) is 11.5 Å². The molecular weight excluding hydrogens is 496 g/mol. The number of anilines is 3. The summed E-state index contributed by atoms with van der Waals surface area (Å²) in [6.07, 6.45) is 5.01. The molecule has 6 nitrogen and oxygen atoms in total. The van der Waals surface area contributed by atoms with Crippen molar-refractivity contribution in [2.45, 2.75) is 58.5 Å². The third-order valence-corrected chi connectivity index (χ3v) is 7.26. The van der Waals surface area contributed by atoms with Gasteiger partial charge in [-0.15, -0.1) is 0 Å². The Labute approximate surface area is 239 Å². The van der Waals surface area contributed by atoms with Crippen LogP contribution in [0.15, 0.2) is 78.9 Å². The van der Waals surface area contributed by atoms with Crippen LogP contribution in [0.3, 0.4) is 0 Å². The highest BCUT2D eigenvalue weighted by molar-refractivity contribution is 5.82. The minimum atomic E-state index is 0.0680. The summed E-state index contributed by atoms with van der Waals surface area (Å²) >= 11 is 0. The molecule has 1 aromatic heterocycles. The van der Waals surface area contributed by atoms with Crippen LogP contribution in [0.1, 0.15) is 67.1 Å². The van der Waals surface area contributed by atoms with Gasteiger partial charge in [0.2, 0.25) is 0 Å². The second-order valence-corrected chi connectivity index (χ2v) is 10.1. The normalized spacial score (nSPS) is 11.6. The molecule has 6 heteroatoms. The molecule has 0 spiro atoms. The van der Waals surface area contributed by atoms with Crippen molar-refractivity contribution in [2.24, 2.45) is 0 Å². The molecule has 3 aromatic carbocycles. The lowest BCUT2D eigenvalue weighted by Gasteiger charge is -2.24. The van der Waals surface area contributed by atoms with Crippen molar-refractivity contribution in [3.05, 3.63) is 107 Å². The van der Waals surface area contributed by atoms with Crippen molar-refractivity contribution < 1.29 is 9.47 Å². The highest BCUT2D eigenvalue weighted by Gasteiger charge is 2.20. The van der Waals surface area contributed by atoms with Crippen molar-refractivity contribution in [2.75, 3.05) is 30.6 Å². The van der Waals surface area contributed by atoms with E-state index in [4.69, 9.17) is 20.2 Å². The van der Waals surface area contributed by atoms with E-state index in [1.54, 1.807) is 14.2 Å². The van der Waals surface area contributed by atoms with Gasteiger partial charge in [-0.25, -0.2) is 4.98 Å². The van der Waals surface area contributed by atoms with Gasteiger partial charge < -0.3 is 25.8 Å². The van der Waals surface area contributed by atoms with Crippen molar-refractivity contribution in [3.8, 4) is 11.5 Å². The van der Waals surface area contributed by atoms with Crippen LogP contribution < -0.4 is 25.8 Å². The summed E-state index contributed by atoms with van der Waals surface area (Å²) < 4.78 is 10.7. The van der Waals surface area contributed by atoms with E-state index < -0.39 is 0 Å². The standard InChI is InChI=1S/C34H42N4O2/c1-5-6-8-13-31-30(22-25-14-18-28(39-3)19-15-25)33(37-24(2)27-11-9-7-10-12-27)32(35)34(38-31)36-23-26-16-20-29(40-4)21-17-26/h7,9-12,14-21,24H,5-6,8,13,22-23,35H2,1-4H3,(H2,36,37,38)/t24-/m0/s1. The summed E-state index contributed by atoms with van der Waals surface area (Å²) in [5.74, 6) is 2.39. The maximum absolute atomic E-state index is 6.92. The Morgan fingerprint density at radius 2 is 1.45 bits per heavy atom. The van der Waals surface area contributed by atoms with Gasteiger partial charge in [-0.3, -0.25) is 0 Å². The Kier molecular flexibility index (Phi) is 10.3. The number of rotatable bonds is 14. The number of hydrogen-bond donors (Lipinski definition) is 3. The molecule has 40 heavy (non-hydrogen) atoms. The highest BCUT2D eigenvalue weighted by Crippen LogP contribution is 2.37. The molecule has 0 unspecified atom stereocenters. The first kappa shape index (κ1) is 28.8. The van der Waals surface area contributed by atoms with Crippen molar-refractivity contribution in [1.29, 1.82) is 0 Å². The maximum Gasteiger partial charge on any atom is 0.151 e. The quantitative estimate of drug-likeness (QED) is 0.142. The van der Waals surface area contributed by atoms with Crippen molar-refractivity contribution in [3.63, 3.8) is 0 Å². The van der Waals surface area contributed by atoms with Gasteiger partial charge in [0.1, 0.15) is 11.5 Å². The average Bonchev–Trinajstić information content (AvgIpc) is 3.00. The number of nitrogens with zero attached hydrogens (tertiary/aromatic N) is 1. The highest BCUT2D eigenvalue weighted by atomic mass is 16.5. The second-order valence-electron chi connectivity index (χ2n) is 10.1. The number of nitrogens with one attached hydrogen (secondary N) is 2. The van der Waals surface area contributed by atoms with Crippen LogP contribution >= 0.6 is 0 Å². The van der Waals surface area contributed by atoms with Crippen molar-refractivity contribution >= 4 is 17.2 Å². The van der Waals surface area contributed by atoms with Gasteiger partial charge in [0.25, 0.3) is 0 Å². The van der Waals surface area contributed by atoms with Crippen LogP contribution in [0.25, 0.3) is 0 Å². The smallest absolute Gasteiger partial charge is 0.151 e. The Morgan fingerprint density at radius 3 is 2.05 bits per heavy atom. The summed E-state index contributed by atoms with van der Waals surface area (Å²) in [6.45, 7) is 5.01. The first-order chi connectivity index (χ1) is 19.5. The van der Waals surface area contributed by atoms with Gasteiger partial charge in [0, 0.05) is 30.3 Å². The monoisotopic (exact) mass is 538 g/mol. The number of ether oxygens (including phenoxy) is 2. The Hall–Kier alpha value is -4.19. The average molecular weight is 539 g/mol. The Bertz CT molecular complexity index is 1340. The number of nitrogens with two attached hydrogens (primary N) is 1. The zero-order valence-electron chi connectivity index (χ0n) is 24.2. The fourth-order valence-corrected chi connectivity index (χ4v) is 4.85. The molecule has 0 fully saturated rings. The van der Waals surface area contributed by atoms with Crippen LogP contribution in [-0.4, -0.2) is 19.2 Å². The van der Waals surface area contributed by atoms with Crippen LogP contribution in [0.2, 0.25) is 0 Å². The third kappa shape index (κ3) is 7.47. The van der Waals surface area contributed by atoms with Gasteiger partial charge in [-0.05, 0) is 60.7 Å². The van der Waals surface area contributed by atoms with E-state index in [0.29, 0.717) is 18.1 Å². The zero-order chi connectivity index (χ0) is 28.3. The van der Waals surface area contributed by atoms with Gasteiger partial charge in [-0.1, -0.05) is 74.4 Å². The topological polar surface area (TPSA) is 81.4 Å². The lowest BCUT2D eigenvalue weighted by molar-refractivity contribution is 0.414. The molecule has 0 radical (unpaired) electrons. The molecule has 0 aliphatic rings. The fraction of sp³-hybridized carbons (Fsp3) is 0.324. The number of benzene rings is 3. The fourth-order valence-electron chi connectivity index (χ4n) is 4.85. The van der Waals surface area contributed by atoms with Crippen molar-refractivity contribution in [1.82, 2.24) is 4.98 Å². The molecule has 0 bridgehead atoms. The molecule has 0 saturated heterocycles. The van der Waals surface area contributed by atoms with Gasteiger partial charge in [0.15, 0.2) is 5.82 Å². The predicted octanol–water partition coefficient (Wildman–Crippen LogP) is 7.79. The zero-order valence-corrected chi connectivity index (χ0v) is 24.2. The minimum Gasteiger partial charge on any atom is -0.497 e. The molecule has 0 aliphatic carbocycles. The Morgan fingerprint density at radius 1 is 0.825 bits per heavy atom. The number of unbranched alkanes of at least 4 members (excludes halogenated alkanes) is 2. The predicted molar refractivity (Wildman–Crippen MR) is 166 cm³/mol. The van der Waals surface area contributed by atoms with E-state index in [2.05, 4.69) is 73.0 Å². The van der Waals surface area contributed by atoms with E-state index in [1.165, 1.54) is 11.1 Å². The van der Waals surface area contributed by atoms with Crippen LogP contribution in [-0.2, 0) is 19.4 Å². The van der Waals surface area contributed by atoms with E-state index in [9.17, 15) is 0 Å². The number of hydrogen-bond acceptors (Lipinski definition) is 6. The van der Waals surface area contributed by atoms with Gasteiger partial charge >= 0.3 is 0 Å². The lowest BCUT2D eigenvalue weighted by Crippen LogP contribution is -2.16. The summed E-state index contributed by atoms with van der Waals surface area (Å²) in [5.41, 5.74) is 14.3. The molecule has 1 atom stereocenters. The molecule has 4 N–H and O–H groups in total. The minimum absolute atomic E-state index is 0.0680. The molecule has 1 heterocycles. The van der Waals surface area contributed by atoms with E-state index in [-0.39, 0.29) is 6.04 Å². The molecule has 210 valence electrons. The lowest BCUT2D eigenvalue weighted by atomic mass is 9.96. The Balaban J connectivity index is 1.73. The number of methoxy groups -OCH3 is 2. The number of aromatic nitrogens is 1. The third-order valence-electron chi connectivity index (χ3n) is 7.26. The summed E-state index contributed by atoms with van der Waals surface area (Å²) in [6, 6.07) is 26.8. The van der Waals surface area contributed by atoms with Gasteiger partial charge in [0.05, 0.1) is 25.6 Å². The van der Waals surface area contributed by atoms with E-state index in [1.807, 2.05) is 30.3 Å². The summed E-state index contributed by atoms with van der Waals surface area (Å²) in [7, 11) is 3.37.